The Kier molecular flexibility index (Phi) is 3.91. The van der Waals surface area contributed by atoms with Gasteiger partial charge >= 0.3 is 0 Å². The van der Waals surface area contributed by atoms with Crippen molar-refractivity contribution in [3.8, 4) is 0 Å². The number of hydrogen-bond donors (Lipinski definition) is 1. The third-order valence-corrected chi connectivity index (χ3v) is 2.29. The highest BCUT2D eigenvalue weighted by atomic mass is 16.5. The maximum absolute atomic E-state index is 5.10. The number of rotatable bonds is 4. The molecule has 0 bridgehead atoms. The van der Waals surface area contributed by atoms with Crippen molar-refractivity contribution in [2.24, 2.45) is 5.92 Å². The van der Waals surface area contributed by atoms with E-state index >= 15 is 0 Å². The molecule has 0 saturated carbocycles. The molecule has 2 nitrogen and oxygen atoms in total. The molecule has 0 spiro atoms. The summed E-state index contributed by atoms with van der Waals surface area (Å²) in [5.74, 6) is 0.595. The molecule has 0 saturated heterocycles. The van der Waals surface area contributed by atoms with Crippen molar-refractivity contribution in [2.75, 3.05) is 20.8 Å². The molecule has 1 atom stereocenters. The van der Waals surface area contributed by atoms with Crippen LogP contribution in [0.5, 0.6) is 0 Å². The van der Waals surface area contributed by atoms with Gasteiger partial charge in [-0.05, 0) is 19.9 Å². The Morgan fingerprint density at radius 1 is 1.50 bits per heavy atom. The van der Waals surface area contributed by atoms with Crippen LogP contribution < -0.4 is 5.32 Å². The summed E-state index contributed by atoms with van der Waals surface area (Å²) in [7, 11) is 3.71. The van der Waals surface area contributed by atoms with Gasteiger partial charge < -0.3 is 10.1 Å². The fraction of sp³-hybridized carbons (Fsp3) is 1.00. The van der Waals surface area contributed by atoms with Gasteiger partial charge in [0.05, 0.1) is 6.61 Å². The van der Waals surface area contributed by atoms with Gasteiger partial charge in [0.25, 0.3) is 0 Å². The van der Waals surface area contributed by atoms with Crippen LogP contribution in [-0.4, -0.2) is 26.3 Å². The zero-order chi connectivity index (χ0) is 8.20. The summed E-state index contributed by atoms with van der Waals surface area (Å²) in [4.78, 5) is 0. The quantitative estimate of drug-likeness (QED) is 0.643. The number of hydrogen-bond acceptors (Lipinski definition) is 2. The standard InChI is InChI=1S/C8H19NO/c1-7(2)8(3,9-4)6-10-5/h7,9H,6H2,1-5H3. The monoisotopic (exact) mass is 145 g/mol. The second kappa shape index (κ2) is 3.94. The molecule has 2 heteroatoms. The van der Waals surface area contributed by atoms with E-state index in [1.807, 2.05) is 7.05 Å². The first kappa shape index (κ1) is 9.92. The van der Waals surface area contributed by atoms with Crippen molar-refractivity contribution in [1.82, 2.24) is 5.32 Å². The maximum atomic E-state index is 5.10. The fourth-order valence-electron chi connectivity index (χ4n) is 0.827. The third kappa shape index (κ3) is 2.27. The summed E-state index contributed by atoms with van der Waals surface area (Å²) in [5.41, 5.74) is 0.120. The predicted molar refractivity (Wildman–Crippen MR) is 44.2 cm³/mol. The Labute approximate surface area is 64.0 Å². The SMILES string of the molecule is CNC(C)(COC)C(C)C. The number of methoxy groups -OCH3 is 1. The van der Waals surface area contributed by atoms with Gasteiger partial charge in [0.15, 0.2) is 0 Å². The summed E-state index contributed by atoms with van der Waals surface area (Å²) in [5, 5.41) is 3.25. The van der Waals surface area contributed by atoms with Crippen molar-refractivity contribution in [3.05, 3.63) is 0 Å². The van der Waals surface area contributed by atoms with Gasteiger partial charge in [-0.1, -0.05) is 13.8 Å². The second-order valence-electron chi connectivity index (χ2n) is 3.26. The average molecular weight is 145 g/mol. The number of likely N-dealkylation sites (N-methyl/N-ethyl adjacent to an activating group) is 1. The van der Waals surface area contributed by atoms with E-state index in [4.69, 9.17) is 4.74 Å². The van der Waals surface area contributed by atoms with E-state index in [-0.39, 0.29) is 5.54 Å². The van der Waals surface area contributed by atoms with E-state index in [9.17, 15) is 0 Å². The maximum Gasteiger partial charge on any atom is 0.0644 e. The molecule has 0 radical (unpaired) electrons. The molecule has 0 aliphatic rings. The molecule has 0 aromatic carbocycles. The Hall–Kier alpha value is -0.0800. The zero-order valence-electron chi connectivity index (χ0n) is 7.69. The minimum Gasteiger partial charge on any atom is -0.383 e. The van der Waals surface area contributed by atoms with E-state index < -0.39 is 0 Å². The van der Waals surface area contributed by atoms with Gasteiger partial charge in [-0.2, -0.15) is 0 Å². The summed E-state index contributed by atoms with van der Waals surface area (Å²) < 4.78 is 5.10. The molecule has 0 aromatic heterocycles. The second-order valence-corrected chi connectivity index (χ2v) is 3.26. The van der Waals surface area contributed by atoms with Gasteiger partial charge in [0.2, 0.25) is 0 Å². The first-order valence-electron chi connectivity index (χ1n) is 3.74. The smallest absolute Gasteiger partial charge is 0.0644 e. The molecule has 1 N–H and O–H groups in total. The summed E-state index contributed by atoms with van der Waals surface area (Å²) >= 11 is 0. The lowest BCUT2D eigenvalue weighted by atomic mass is 9.90. The molecule has 0 aliphatic carbocycles. The molecule has 0 aliphatic heterocycles. The summed E-state index contributed by atoms with van der Waals surface area (Å²) in [6.07, 6.45) is 0. The molecule has 0 fully saturated rings. The van der Waals surface area contributed by atoms with Crippen molar-refractivity contribution in [2.45, 2.75) is 26.3 Å². The van der Waals surface area contributed by atoms with E-state index in [1.165, 1.54) is 0 Å². The third-order valence-electron chi connectivity index (χ3n) is 2.29. The van der Waals surface area contributed by atoms with E-state index in [0.717, 1.165) is 6.61 Å². The first-order valence-corrected chi connectivity index (χ1v) is 3.74. The van der Waals surface area contributed by atoms with Crippen LogP contribution in [0.2, 0.25) is 0 Å². The lowest BCUT2D eigenvalue weighted by molar-refractivity contribution is 0.0955. The highest BCUT2D eigenvalue weighted by Crippen LogP contribution is 2.15. The lowest BCUT2D eigenvalue weighted by Gasteiger charge is -2.32. The summed E-state index contributed by atoms with van der Waals surface area (Å²) in [6, 6.07) is 0. The highest BCUT2D eigenvalue weighted by Gasteiger charge is 2.25. The lowest BCUT2D eigenvalue weighted by Crippen LogP contribution is -2.48. The Bertz CT molecular complexity index is 93.3. The molecular weight excluding hydrogens is 126 g/mol. The van der Waals surface area contributed by atoms with Gasteiger partial charge in [-0.3, -0.25) is 0 Å². The summed E-state index contributed by atoms with van der Waals surface area (Å²) in [6.45, 7) is 7.31. The van der Waals surface area contributed by atoms with Crippen LogP contribution >= 0.6 is 0 Å². The number of ether oxygens (including phenoxy) is 1. The van der Waals surface area contributed by atoms with Crippen molar-refractivity contribution in [3.63, 3.8) is 0 Å². The van der Waals surface area contributed by atoms with Gasteiger partial charge in [-0.25, -0.2) is 0 Å². The molecule has 0 amide bonds. The van der Waals surface area contributed by atoms with Gasteiger partial charge in [0.1, 0.15) is 0 Å². The molecular formula is C8H19NO. The van der Waals surface area contributed by atoms with Crippen molar-refractivity contribution < 1.29 is 4.74 Å². The average Bonchev–Trinajstić information content (AvgIpc) is 1.88. The molecule has 1 unspecified atom stereocenters. The first-order chi connectivity index (χ1) is 4.56. The normalized spacial score (nSPS) is 17.4. The van der Waals surface area contributed by atoms with Crippen molar-refractivity contribution >= 4 is 0 Å². The van der Waals surface area contributed by atoms with Crippen LogP contribution in [0.3, 0.4) is 0 Å². The molecule has 10 heavy (non-hydrogen) atoms. The molecule has 62 valence electrons. The van der Waals surface area contributed by atoms with Gasteiger partial charge in [0, 0.05) is 12.6 Å². The van der Waals surface area contributed by atoms with Crippen molar-refractivity contribution in [1.29, 1.82) is 0 Å². The van der Waals surface area contributed by atoms with Crippen LogP contribution in [0, 0.1) is 5.92 Å². The van der Waals surface area contributed by atoms with Crippen LogP contribution in [0.4, 0.5) is 0 Å². The largest absolute Gasteiger partial charge is 0.383 e. The Morgan fingerprint density at radius 2 is 2.00 bits per heavy atom. The predicted octanol–water partition coefficient (Wildman–Crippen LogP) is 1.27. The van der Waals surface area contributed by atoms with Crippen LogP contribution in [0.1, 0.15) is 20.8 Å². The van der Waals surface area contributed by atoms with E-state index in [0.29, 0.717) is 5.92 Å². The van der Waals surface area contributed by atoms with Crippen LogP contribution in [0.25, 0.3) is 0 Å². The molecule has 0 heterocycles. The number of nitrogens with one attached hydrogen (secondary N) is 1. The van der Waals surface area contributed by atoms with Crippen LogP contribution in [0.15, 0.2) is 0 Å². The topological polar surface area (TPSA) is 21.3 Å². The Morgan fingerprint density at radius 3 is 2.10 bits per heavy atom. The zero-order valence-corrected chi connectivity index (χ0v) is 7.69. The van der Waals surface area contributed by atoms with E-state index in [2.05, 4.69) is 26.1 Å². The van der Waals surface area contributed by atoms with Gasteiger partial charge in [-0.15, -0.1) is 0 Å². The molecule has 0 aromatic rings. The molecule has 0 rings (SSSR count). The highest BCUT2D eigenvalue weighted by molar-refractivity contribution is 4.84. The minimum atomic E-state index is 0.120. The van der Waals surface area contributed by atoms with E-state index in [1.54, 1.807) is 7.11 Å². The Balaban J connectivity index is 3.94. The minimum absolute atomic E-state index is 0.120. The fourth-order valence-corrected chi connectivity index (χ4v) is 0.827. The van der Waals surface area contributed by atoms with Crippen LogP contribution in [-0.2, 0) is 4.74 Å².